The van der Waals surface area contributed by atoms with Crippen LogP contribution in [0.15, 0.2) is 52.1 Å². The minimum absolute atomic E-state index is 0.225. The van der Waals surface area contributed by atoms with Crippen molar-refractivity contribution in [3.05, 3.63) is 52.8 Å². The van der Waals surface area contributed by atoms with E-state index in [1.165, 1.54) is 11.5 Å². The first kappa shape index (κ1) is 23.7. The van der Waals surface area contributed by atoms with Crippen LogP contribution in [0.1, 0.15) is 20.8 Å². The molecule has 0 aliphatic heterocycles. The Morgan fingerprint density at radius 1 is 1.20 bits per heavy atom. The number of carbonyl (C=O) groups is 1. The van der Waals surface area contributed by atoms with Crippen LogP contribution in [0, 0.1) is 0 Å². The fourth-order valence-electron chi connectivity index (χ4n) is 4.00. The van der Waals surface area contributed by atoms with Gasteiger partial charge in [-0.15, -0.1) is 0 Å². The zero-order valence-corrected chi connectivity index (χ0v) is 20.3. The van der Waals surface area contributed by atoms with Gasteiger partial charge in [0.05, 0.1) is 35.1 Å². The minimum Gasteiger partial charge on any atom is -0.476 e. The van der Waals surface area contributed by atoms with E-state index in [0.717, 1.165) is 16.5 Å². The molecule has 0 bridgehead atoms. The Hall–Kier alpha value is -4.47. The maximum atomic E-state index is 13.2. The van der Waals surface area contributed by atoms with Gasteiger partial charge in [-0.1, -0.05) is 6.07 Å². The SMILES string of the molecule is CCOc1ncc(-c2ccc3ncc4c(c3c2)n(C(C=NC)=C(C)N)c(=O)n4C)cc1NC(C)=O. The summed E-state index contributed by atoms with van der Waals surface area (Å²) in [5, 5.41) is 3.53. The zero-order valence-electron chi connectivity index (χ0n) is 20.3. The molecule has 4 aromatic rings. The maximum absolute atomic E-state index is 13.2. The highest BCUT2D eigenvalue weighted by atomic mass is 16.5. The van der Waals surface area contributed by atoms with Crippen LogP contribution in [-0.2, 0) is 11.8 Å². The molecule has 3 N–H and O–H groups in total. The minimum atomic E-state index is -0.255. The number of aliphatic imine (C=N–C) groups is 1. The van der Waals surface area contributed by atoms with Crippen LogP contribution < -0.4 is 21.5 Å². The third kappa shape index (κ3) is 4.25. The first-order valence-corrected chi connectivity index (χ1v) is 11.1. The average molecular weight is 474 g/mol. The number of fused-ring (bicyclic) bond motifs is 3. The molecule has 180 valence electrons. The van der Waals surface area contributed by atoms with E-state index < -0.39 is 0 Å². The normalized spacial score (nSPS) is 12.4. The maximum Gasteiger partial charge on any atom is 0.333 e. The molecule has 3 heterocycles. The molecule has 0 fully saturated rings. The van der Waals surface area contributed by atoms with Crippen molar-refractivity contribution in [1.29, 1.82) is 0 Å². The van der Waals surface area contributed by atoms with Crippen LogP contribution in [0.3, 0.4) is 0 Å². The van der Waals surface area contributed by atoms with Crippen LogP contribution in [0.4, 0.5) is 5.69 Å². The summed E-state index contributed by atoms with van der Waals surface area (Å²) in [5.74, 6) is 0.122. The second kappa shape index (κ2) is 9.41. The lowest BCUT2D eigenvalue weighted by Gasteiger charge is -2.12. The van der Waals surface area contributed by atoms with Crippen molar-refractivity contribution in [2.75, 3.05) is 19.0 Å². The highest BCUT2D eigenvalue weighted by molar-refractivity contribution is 6.11. The van der Waals surface area contributed by atoms with E-state index in [1.807, 2.05) is 31.2 Å². The Balaban J connectivity index is 2.01. The number of imidazole rings is 1. The van der Waals surface area contributed by atoms with Crippen molar-refractivity contribution in [3.63, 3.8) is 0 Å². The number of carbonyl (C=O) groups excluding carboxylic acids is 1. The van der Waals surface area contributed by atoms with Crippen LogP contribution in [0.5, 0.6) is 5.88 Å². The van der Waals surface area contributed by atoms with Gasteiger partial charge in [-0.3, -0.25) is 23.9 Å². The highest BCUT2D eigenvalue weighted by Gasteiger charge is 2.19. The predicted octanol–water partition coefficient (Wildman–Crippen LogP) is 3.16. The van der Waals surface area contributed by atoms with Gasteiger partial charge in [0.1, 0.15) is 5.69 Å². The number of aryl methyl sites for hydroxylation is 1. The number of allylic oxidation sites excluding steroid dienone is 2. The second-order valence-electron chi connectivity index (χ2n) is 8.05. The Kier molecular flexibility index (Phi) is 6.37. The van der Waals surface area contributed by atoms with Crippen molar-refractivity contribution in [1.82, 2.24) is 19.1 Å². The lowest BCUT2D eigenvalue weighted by atomic mass is 10.0. The standard InChI is InChI=1S/C25H27N7O3/c1-6-35-24-20(30-15(3)33)10-17(11-29-24)16-7-8-19-18(9-16)23-22(13-28-19)31(5)25(34)32(23)21(12-27-4)14(2)26/h7-13H,6,26H2,1-5H3,(H,30,33). The Morgan fingerprint density at radius 3 is 2.63 bits per heavy atom. The quantitative estimate of drug-likeness (QED) is 0.414. The lowest BCUT2D eigenvalue weighted by molar-refractivity contribution is -0.114. The summed E-state index contributed by atoms with van der Waals surface area (Å²) in [6.07, 6.45) is 4.93. The third-order valence-corrected chi connectivity index (χ3v) is 5.56. The fourth-order valence-corrected chi connectivity index (χ4v) is 4.00. The van der Waals surface area contributed by atoms with Crippen molar-refractivity contribution < 1.29 is 9.53 Å². The van der Waals surface area contributed by atoms with Gasteiger partial charge in [-0.25, -0.2) is 9.78 Å². The van der Waals surface area contributed by atoms with Crippen molar-refractivity contribution >= 4 is 45.4 Å². The largest absolute Gasteiger partial charge is 0.476 e. The number of nitrogens with one attached hydrogen (secondary N) is 1. The molecule has 4 rings (SSSR count). The van der Waals surface area contributed by atoms with Crippen LogP contribution in [0.2, 0.25) is 0 Å². The zero-order chi connectivity index (χ0) is 25.3. The molecule has 3 aromatic heterocycles. The summed E-state index contributed by atoms with van der Waals surface area (Å²) in [4.78, 5) is 38.0. The lowest BCUT2D eigenvalue weighted by Crippen LogP contribution is -2.23. The number of rotatable bonds is 6. The van der Waals surface area contributed by atoms with Gasteiger partial charge in [-0.2, -0.15) is 0 Å². The van der Waals surface area contributed by atoms with Gasteiger partial charge >= 0.3 is 5.69 Å². The number of amides is 1. The van der Waals surface area contributed by atoms with Crippen LogP contribution >= 0.6 is 0 Å². The number of benzene rings is 1. The molecular weight excluding hydrogens is 446 g/mol. The molecule has 0 saturated heterocycles. The molecule has 1 amide bonds. The Labute approximate surface area is 201 Å². The van der Waals surface area contributed by atoms with Crippen LogP contribution in [0.25, 0.3) is 38.8 Å². The van der Waals surface area contributed by atoms with Gasteiger partial charge in [0, 0.05) is 50.1 Å². The van der Waals surface area contributed by atoms with Gasteiger partial charge in [0.15, 0.2) is 0 Å². The van der Waals surface area contributed by atoms with E-state index in [0.29, 0.717) is 46.1 Å². The molecule has 0 aliphatic rings. The van der Waals surface area contributed by atoms with Gasteiger partial charge < -0.3 is 15.8 Å². The monoisotopic (exact) mass is 473 g/mol. The first-order chi connectivity index (χ1) is 16.8. The number of ether oxygens (including phenoxy) is 1. The summed E-state index contributed by atoms with van der Waals surface area (Å²) in [6, 6.07) is 7.56. The molecule has 35 heavy (non-hydrogen) atoms. The van der Waals surface area contributed by atoms with Crippen molar-refractivity contribution in [2.24, 2.45) is 17.8 Å². The molecule has 10 heteroatoms. The number of nitrogens with two attached hydrogens (primary N) is 1. The molecule has 0 unspecified atom stereocenters. The molecule has 0 atom stereocenters. The summed E-state index contributed by atoms with van der Waals surface area (Å²) in [6.45, 7) is 5.43. The summed E-state index contributed by atoms with van der Waals surface area (Å²) < 4.78 is 8.65. The Bertz CT molecular complexity index is 1570. The number of hydrogen-bond acceptors (Lipinski definition) is 7. The van der Waals surface area contributed by atoms with E-state index in [-0.39, 0.29) is 11.6 Å². The van der Waals surface area contributed by atoms with E-state index in [9.17, 15) is 9.59 Å². The average Bonchev–Trinajstić information content (AvgIpc) is 3.08. The van der Waals surface area contributed by atoms with E-state index in [2.05, 4.69) is 20.3 Å². The van der Waals surface area contributed by atoms with E-state index >= 15 is 0 Å². The molecule has 10 nitrogen and oxygen atoms in total. The fraction of sp³-hybridized carbons (Fsp3) is 0.240. The number of aromatic nitrogens is 4. The number of hydrogen-bond donors (Lipinski definition) is 2. The highest BCUT2D eigenvalue weighted by Crippen LogP contribution is 2.32. The molecule has 0 aliphatic carbocycles. The van der Waals surface area contributed by atoms with Gasteiger partial charge in [-0.05, 0) is 37.6 Å². The van der Waals surface area contributed by atoms with E-state index in [4.69, 9.17) is 10.5 Å². The number of nitrogens with zero attached hydrogens (tertiary/aromatic N) is 5. The molecule has 0 spiro atoms. The smallest absolute Gasteiger partial charge is 0.333 e. The van der Waals surface area contributed by atoms with Gasteiger partial charge in [0.2, 0.25) is 11.8 Å². The number of pyridine rings is 2. The summed E-state index contributed by atoms with van der Waals surface area (Å²) in [7, 11) is 3.32. The number of anilines is 1. The topological polar surface area (TPSA) is 129 Å². The molecular formula is C25H27N7O3. The molecule has 1 aromatic carbocycles. The predicted molar refractivity (Wildman–Crippen MR) is 139 cm³/mol. The Morgan fingerprint density at radius 2 is 1.97 bits per heavy atom. The molecule has 0 radical (unpaired) electrons. The second-order valence-corrected chi connectivity index (χ2v) is 8.05. The summed E-state index contributed by atoms with van der Waals surface area (Å²) >= 11 is 0. The first-order valence-electron chi connectivity index (χ1n) is 11.1. The summed E-state index contributed by atoms with van der Waals surface area (Å²) in [5.41, 5.74) is 11.0. The van der Waals surface area contributed by atoms with Gasteiger partial charge in [0.25, 0.3) is 0 Å². The van der Waals surface area contributed by atoms with Crippen LogP contribution in [-0.4, -0.2) is 44.9 Å². The van der Waals surface area contributed by atoms with Crippen molar-refractivity contribution in [3.8, 4) is 17.0 Å². The van der Waals surface area contributed by atoms with Crippen molar-refractivity contribution in [2.45, 2.75) is 20.8 Å². The van der Waals surface area contributed by atoms with E-state index in [1.54, 1.807) is 44.2 Å². The molecule has 0 saturated carbocycles. The third-order valence-electron chi connectivity index (χ3n) is 5.56.